The van der Waals surface area contributed by atoms with E-state index < -0.39 is 12.1 Å². The van der Waals surface area contributed by atoms with E-state index in [4.69, 9.17) is 18.9 Å². The van der Waals surface area contributed by atoms with Crippen molar-refractivity contribution in [1.29, 1.82) is 0 Å². The van der Waals surface area contributed by atoms with Crippen LogP contribution in [-0.2, 0) is 14.3 Å². The van der Waals surface area contributed by atoms with Gasteiger partial charge in [0.15, 0.2) is 6.10 Å². The number of ether oxygens (including phenoxy) is 4. The standard InChI is InChI=1S/C14H20O5/c1-4-17-9-10-18-14(15)11(2)19-13-7-5-12(16-3)6-8-13/h5-8,11H,4,9-10H2,1-3H3. The first kappa shape index (κ1) is 15.3. The van der Waals surface area contributed by atoms with Gasteiger partial charge in [-0.3, -0.25) is 0 Å². The number of carbonyl (C=O) groups excluding carboxylic acids is 1. The van der Waals surface area contributed by atoms with Gasteiger partial charge in [0.1, 0.15) is 18.1 Å². The van der Waals surface area contributed by atoms with E-state index in [2.05, 4.69) is 0 Å². The summed E-state index contributed by atoms with van der Waals surface area (Å²) in [6.07, 6.45) is -0.657. The van der Waals surface area contributed by atoms with Crippen molar-refractivity contribution in [2.75, 3.05) is 26.9 Å². The number of rotatable bonds is 8. The summed E-state index contributed by atoms with van der Waals surface area (Å²) in [7, 11) is 1.59. The van der Waals surface area contributed by atoms with Crippen molar-refractivity contribution in [2.45, 2.75) is 20.0 Å². The van der Waals surface area contributed by atoms with Gasteiger partial charge in [-0.05, 0) is 38.1 Å². The topological polar surface area (TPSA) is 54.0 Å². The van der Waals surface area contributed by atoms with Gasteiger partial charge in [-0.25, -0.2) is 4.79 Å². The second-order valence-corrected chi connectivity index (χ2v) is 3.80. The lowest BCUT2D eigenvalue weighted by molar-refractivity contribution is -0.152. The lowest BCUT2D eigenvalue weighted by Crippen LogP contribution is -2.27. The number of esters is 1. The monoisotopic (exact) mass is 268 g/mol. The second-order valence-electron chi connectivity index (χ2n) is 3.80. The minimum Gasteiger partial charge on any atom is -0.497 e. The molecule has 5 heteroatoms. The predicted octanol–water partition coefficient (Wildman–Crippen LogP) is 2.04. The van der Waals surface area contributed by atoms with E-state index in [1.807, 2.05) is 6.92 Å². The third kappa shape index (κ3) is 5.61. The molecule has 0 N–H and O–H groups in total. The van der Waals surface area contributed by atoms with E-state index in [0.29, 0.717) is 19.0 Å². The molecule has 0 saturated heterocycles. The third-order valence-corrected chi connectivity index (χ3v) is 2.38. The Balaban J connectivity index is 2.35. The van der Waals surface area contributed by atoms with Gasteiger partial charge in [0.25, 0.3) is 0 Å². The first-order valence-electron chi connectivity index (χ1n) is 6.22. The van der Waals surface area contributed by atoms with Crippen LogP contribution in [0, 0.1) is 0 Å². The molecule has 1 rings (SSSR count). The average molecular weight is 268 g/mol. The maximum absolute atomic E-state index is 11.6. The number of carbonyl (C=O) groups is 1. The zero-order valence-corrected chi connectivity index (χ0v) is 11.5. The number of hydrogen-bond donors (Lipinski definition) is 0. The van der Waals surface area contributed by atoms with Gasteiger partial charge in [-0.2, -0.15) is 0 Å². The molecule has 0 aliphatic carbocycles. The van der Waals surface area contributed by atoms with Crippen molar-refractivity contribution in [1.82, 2.24) is 0 Å². The SMILES string of the molecule is CCOCCOC(=O)C(C)Oc1ccc(OC)cc1. The second kappa shape index (κ2) is 8.37. The van der Waals surface area contributed by atoms with Crippen LogP contribution in [0.15, 0.2) is 24.3 Å². The van der Waals surface area contributed by atoms with Crippen LogP contribution in [0.5, 0.6) is 11.5 Å². The van der Waals surface area contributed by atoms with Crippen LogP contribution in [0.3, 0.4) is 0 Å². The Hall–Kier alpha value is -1.75. The molecule has 0 fully saturated rings. The summed E-state index contributed by atoms with van der Waals surface area (Å²) in [6.45, 7) is 4.78. The highest BCUT2D eigenvalue weighted by molar-refractivity contribution is 5.74. The lowest BCUT2D eigenvalue weighted by Gasteiger charge is -2.14. The van der Waals surface area contributed by atoms with Gasteiger partial charge in [0.2, 0.25) is 0 Å². The van der Waals surface area contributed by atoms with Crippen LogP contribution in [0.4, 0.5) is 0 Å². The molecule has 0 saturated carbocycles. The maximum Gasteiger partial charge on any atom is 0.347 e. The predicted molar refractivity (Wildman–Crippen MR) is 70.5 cm³/mol. The smallest absolute Gasteiger partial charge is 0.347 e. The molecule has 0 heterocycles. The van der Waals surface area contributed by atoms with Crippen molar-refractivity contribution in [2.24, 2.45) is 0 Å². The molecule has 1 aromatic carbocycles. The summed E-state index contributed by atoms with van der Waals surface area (Å²) in [6, 6.07) is 7.01. The van der Waals surface area contributed by atoms with E-state index in [-0.39, 0.29) is 6.61 Å². The first-order valence-corrected chi connectivity index (χ1v) is 6.22. The fourth-order valence-electron chi connectivity index (χ4n) is 1.37. The molecule has 0 spiro atoms. The Bertz CT molecular complexity index is 374. The van der Waals surface area contributed by atoms with E-state index in [1.54, 1.807) is 38.3 Å². The molecule has 1 unspecified atom stereocenters. The van der Waals surface area contributed by atoms with Crippen LogP contribution in [-0.4, -0.2) is 39.0 Å². The quantitative estimate of drug-likeness (QED) is 0.533. The normalized spacial score (nSPS) is 11.7. The largest absolute Gasteiger partial charge is 0.497 e. The number of methoxy groups -OCH3 is 1. The van der Waals surface area contributed by atoms with Crippen LogP contribution >= 0.6 is 0 Å². The first-order chi connectivity index (χ1) is 9.17. The van der Waals surface area contributed by atoms with Gasteiger partial charge in [0, 0.05) is 6.61 Å². The summed E-state index contributed by atoms with van der Waals surface area (Å²) in [4.78, 5) is 11.6. The van der Waals surface area contributed by atoms with E-state index in [0.717, 1.165) is 5.75 Å². The van der Waals surface area contributed by atoms with Crippen LogP contribution < -0.4 is 9.47 Å². The molecule has 0 radical (unpaired) electrons. The Kier molecular flexibility index (Phi) is 6.74. The summed E-state index contributed by atoms with van der Waals surface area (Å²) in [5, 5.41) is 0. The van der Waals surface area contributed by atoms with Crippen molar-refractivity contribution >= 4 is 5.97 Å². The molecular weight excluding hydrogens is 248 g/mol. The van der Waals surface area contributed by atoms with E-state index in [9.17, 15) is 4.79 Å². The lowest BCUT2D eigenvalue weighted by atomic mass is 10.3. The van der Waals surface area contributed by atoms with Gasteiger partial charge in [0.05, 0.1) is 13.7 Å². The van der Waals surface area contributed by atoms with E-state index in [1.165, 1.54) is 0 Å². The highest BCUT2D eigenvalue weighted by atomic mass is 16.6. The van der Waals surface area contributed by atoms with Crippen LogP contribution in [0.1, 0.15) is 13.8 Å². The Morgan fingerprint density at radius 3 is 2.37 bits per heavy atom. The third-order valence-electron chi connectivity index (χ3n) is 2.38. The van der Waals surface area contributed by atoms with Crippen molar-refractivity contribution in [3.63, 3.8) is 0 Å². The van der Waals surface area contributed by atoms with Crippen LogP contribution in [0.2, 0.25) is 0 Å². The zero-order valence-electron chi connectivity index (χ0n) is 11.5. The molecule has 1 atom stereocenters. The molecule has 0 aliphatic heterocycles. The molecule has 106 valence electrons. The molecule has 1 aromatic rings. The summed E-state index contributed by atoms with van der Waals surface area (Å²) < 4.78 is 20.6. The van der Waals surface area contributed by atoms with Crippen molar-refractivity contribution < 1.29 is 23.7 Å². The minimum atomic E-state index is -0.657. The molecule has 0 aromatic heterocycles. The summed E-state index contributed by atoms with van der Waals surface area (Å²) in [5.41, 5.74) is 0. The molecule has 5 nitrogen and oxygen atoms in total. The highest BCUT2D eigenvalue weighted by Gasteiger charge is 2.16. The van der Waals surface area contributed by atoms with Crippen molar-refractivity contribution in [3.05, 3.63) is 24.3 Å². The molecule has 0 amide bonds. The van der Waals surface area contributed by atoms with Crippen molar-refractivity contribution in [3.8, 4) is 11.5 Å². The fraction of sp³-hybridized carbons (Fsp3) is 0.500. The Labute approximate surface area is 113 Å². The van der Waals surface area contributed by atoms with Gasteiger partial charge >= 0.3 is 5.97 Å². The molecule has 0 aliphatic rings. The van der Waals surface area contributed by atoms with Gasteiger partial charge in [-0.15, -0.1) is 0 Å². The Morgan fingerprint density at radius 2 is 1.79 bits per heavy atom. The number of hydrogen-bond acceptors (Lipinski definition) is 5. The summed E-state index contributed by atoms with van der Waals surface area (Å²) >= 11 is 0. The van der Waals surface area contributed by atoms with E-state index >= 15 is 0 Å². The maximum atomic E-state index is 11.6. The highest BCUT2D eigenvalue weighted by Crippen LogP contribution is 2.18. The molecular formula is C14H20O5. The average Bonchev–Trinajstić information content (AvgIpc) is 2.44. The van der Waals surface area contributed by atoms with Gasteiger partial charge < -0.3 is 18.9 Å². The fourth-order valence-corrected chi connectivity index (χ4v) is 1.37. The molecule has 0 bridgehead atoms. The van der Waals surface area contributed by atoms with Gasteiger partial charge in [-0.1, -0.05) is 0 Å². The minimum absolute atomic E-state index is 0.239. The summed E-state index contributed by atoms with van der Waals surface area (Å²) in [5.74, 6) is 0.921. The zero-order chi connectivity index (χ0) is 14.1. The number of benzene rings is 1. The molecule has 19 heavy (non-hydrogen) atoms. The Morgan fingerprint density at radius 1 is 1.16 bits per heavy atom. The van der Waals surface area contributed by atoms with Crippen LogP contribution in [0.25, 0.3) is 0 Å².